The van der Waals surface area contributed by atoms with E-state index < -0.39 is 0 Å². The maximum absolute atomic E-state index is 12.1. The van der Waals surface area contributed by atoms with Crippen LogP contribution in [0.3, 0.4) is 0 Å². The van der Waals surface area contributed by atoms with Gasteiger partial charge >= 0.3 is 0 Å². The van der Waals surface area contributed by atoms with Crippen LogP contribution in [0.2, 0.25) is 0 Å². The first-order valence-corrected chi connectivity index (χ1v) is 5.82. The Bertz CT molecular complexity index is 421. The Morgan fingerprint density at radius 1 is 1.53 bits per heavy atom. The number of nitrogens with zero attached hydrogens (tertiary/aromatic N) is 1. The van der Waals surface area contributed by atoms with Gasteiger partial charge in [0.05, 0.1) is 11.5 Å². The van der Waals surface area contributed by atoms with Crippen molar-refractivity contribution in [3.05, 3.63) is 29.8 Å². The molecule has 1 rings (SSSR count). The molecule has 4 nitrogen and oxygen atoms in total. The molecule has 0 fully saturated rings. The van der Waals surface area contributed by atoms with Crippen molar-refractivity contribution in [2.75, 3.05) is 13.1 Å². The third-order valence-corrected chi connectivity index (χ3v) is 2.35. The normalized spacial score (nSPS) is 9.94. The van der Waals surface area contributed by atoms with Crippen LogP contribution < -0.4 is 5.73 Å². The van der Waals surface area contributed by atoms with Crippen molar-refractivity contribution in [1.29, 1.82) is 0 Å². The van der Waals surface area contributed by atoms with Gasteiger partial charge in [0.15, 0.2) is 0 Å². The highest BCUT2D eigenvalue weighted by atomic mass is 32.1. The van der Waals surface area contributed by atoms with Crippen molar-refractivity contribution >= 4 is 23.1 Å². The Morgan fingerprint density at radius 2 is 2.24 bits per heavy atom. The van der Waals surface area contributed by atoms with E-state index in [0.29, 0.717) is 12.1 Å². The van der Waals surface area contributed by atoms with Gasteiger partial charge in [0.1, 0.15) is 5.75 Å². The van der Waals surface area contributed by atoms with Crippen LogP contribution in [0.5, 0.6) is 5.75 Å². The van der Waals surface area contributed by atoms with Crippen LogP contribution in [-0.2, 0) is 0 Å². The largest absolute Gasteiger partial charge is 0.508 e. The zero-order valence-corrected chi connectivity index (χ0v) is 10.5. The minimum absolute atomic E-state index is 0.0719. The van der Waals surface area contributed by atoms with Crippen molar-refractivity contribution in [2.24, 2.45) is 5.73 Å². The SMILES string of the molecule is CCCN(CC(N)=S)C(=O)c1cccc(O)c1. The fourth-order valence-corrected chi connectivity index (χ4v) is 1.69. The number of rotatable bonds is 5. The van der Waals surface area contributed by atoms with E-state index in [4.69, 9.17) is 18.0 Å². The monoisotopic (exact) mass is 252 g/mol. The lowest BCUT2D eigenvalue weighted by molar-refractivity contribution is 0.0779. The number of carbonyl (C=O) groups excluding carboxylic acids is 1. The maximum atomic E-state index is 12.1. The van der Waals surface area contributed by atoms with E-state index in [1.165, 1.54) is 12.1 Å². The van der Waals surface area contributed by atoms with Crippen LogP contribution in [-0.4, -0.2) is 34.0 Å². The van der Waals surface area contributed by atoms with Crippen LogP contribution in [0.4, 0.5) is 0 Å². The number of hydrogen-bond acceptors (Lipinski definition) is 3. The number of phenolic OH excluding ortho intramolecular Hbond substituents is 1. The molecule has 0 aliphatic heterocycles. The van der Waals surface area contributed by atoms with Crippen molar-refractivity contribution in [3.8, 4) is 5.75 Å². The summed E-state index contributed by atoms with van der Waals surface area (Å²) in [6.45, 7) is 2.83. The van der Waals surface area contributed by atoms with Crippen LogP contribution in [0.25, 0.3) is 0 Å². The van der Waals surface area contributed by atoms with E-state index in [9.17, 15) is 9.90 Å². The third kappa shape index (κ3) is 4.03. The predicted octanol–water partition coefficient (Wildman–Crippen LogP) is 1.53. The number of nitrogens with two attached hydrogens (primary N) is 1. The smallest absolute Gasteiger partial charge is 0.254 e. The fraction of sp³-hybridized carbons (Fsp3) is 0.333. The van der Waals surface area contributed by atoms with Crippen LogP contribution in [0.1, 0.15) is 23.7 Å². The first kappa shape index (κ1) is 13.4. The van der Waals surface area contributed by atoms with E-state index in [1.807, 2.05) is 6.92 Å². The lowest BCUT2D eigenvalue weighted by Crippen LogP contribution is -2.38. The molecule has 0 aliphatic carbocycles. The lowest BCUT2D eigenvalue weighted by atomic mass is 10.2. The molecule has 1 amide bonds. The zero-order valence-electron chi connectivity index (χ0n) is 9.72. The van der Waals surface area contributed by atoms with Crippen molar-refractivity contribution in [1.82, 2.24) is 4.90 Å². The molecular formula is C12H16N2O2S. The summed E-state index contributed by atoms with van der Waals surface area (Å²) in [5.41, 5.74) is 5.90. The van der Waals surface area contributed by atoms with Gasteiger partial charge in [0, 0.05) is 12.1 Å². The van der Waals surface area contributed by atoms with Crippen molar-refractivity contribution in [2.45, 2.75) is 13.3 Å². The van der Waals surface area contributed by atoms with Gasteiger partial charge in [-0.3, -0.25) is 4.79 Å². The van der Waals surface area contributed by atoms with Gasteiger partial charge in [0.25, 0.3) is 5.91 Å². The van der Waals surface area contributed by atoms with E-state index in [0.717, 1.165) is 6.42 Å². The Morgan fingerprint density at radius 3 is 2.76 bits per heavy atom. The highest BCUT2D eigenvalue weighted by Crippen LogP contribution is 2.13. The summed E-state index contributed by atoms with van der Waals surface area (Å²) in [4.78, 5) is 14.0. The van der Waals surface area contributed by atoms with Gasteiger partial charge in [-0.25, -0.2) is 0 Å². The number of phenols is 1. The van der Waals surface area contributed by atoms with Crippen LogP contribution in [0.15, 0.2) is 24.3 Å². The molecule has 0 aromatic heterocycles. The van der Waals surface area contributed by atoms with Crippen LogP contribution in [0, 0.1) is 0 Å². The Hall–Kier alpha value is -1.62. The summed E-state index contributed by atoms with van der Waals surface area (Å²) in [6, 6.07) is 6.25. The Labute approximate surface area is 106 Å². The topological polar surface area (TPSA) is 66.6 Å². The molecule has 0 unspecified atom stereocenters. The number of hydrogen-bond donors (Lipinski definition) is 2. The molecule has 17 heavy (non-hydrogen) atoms. The third-order valence-electron chi connectivity index (χ3n) is 2.22. The van der Waals surface area contributed by atoms with E-state index in [2.05, 4.69) is 0 Å². The molecule has 0 heterocycles. The average molecular weight is 252 g/mol. The quantitative estimate of drug-likeness (QED) is 0.780. The second-order valence-corrected chi connectivity index (χ2v) is 4.27. The van der Waals surface area contributed by atoms with E-state index in [1.54, 1.807) is 17.0 Å². The summed E-state index contributed by atoms with van der Waals surface area (Å²) in [6.07, 6.45) is 0.827. The first-order valence-electron chi connectivity index (χ1n) is 5.41. The highest BCUT2D eigenvalue weighted by Gasteiger charge is 2.15. The molecule has 5 heteroatoms. The predicted molar refractivity (Wildman–Crippen MR) is 71.1 cm³/mol. The molecule has 0 bridgehead atoms. The maximum Gasteiger partial charge on any atom is 0.254 e. The molecule has 0 saturated carbocycles. The number of aromatic hydroxyl groups is 1. The molecule has 0 saturated heterocycles. The van der Waals surface area contributed by atoms with Crippen LogP contribution >= 0.6 is 12.2 Å². The molecule has 1 aromatic rings. The number of carbonyl (C=O) groups is 1. The van der Waals surface area contributed by atoms with Crippen molar-refractivity contribution in [3.63, 3.8) is 0 Å². The minimum Gasteiger partial charge on any atom is -0.508 e. The standard InChI is InChI=1S/C12H16N2O2S/c1-2-6-14(8-11(13)17)12(16)9-4-3-5-10(15)7-9/h3-5,7,15H,2,6,8H2,1H3,(H2,13,17). The summed E-state index contributed by atoms with van der Waals surface area (Å²) in [5.74, 6) is -0.0989. The fourth-order valence-electron chi connectivity index (χ4n) is 1.53. The number of benzene rings is 1. The molecule has 0 aliphatic rings. The molecule has 0 spiro atoms. The van der Waals surface area contributed by atoms with Gasteiger partial charge < -0.3 is 15.7 Å². The van der Waals surface area contributed by atoms with Gasteiger partial charge in [-0.05, 0) is 24.6 Å². The molecule has 92 valence electrons. The molecule has 0 atom stereocenters. The number of amides is 1. The Kier molecular flexibility index (Phi) is 4.90. The van der Waals surface area contributed by atoms with Gasteiger partial charge in [-0.2, -0.15) is 0 Å². The zero-order chi connectivity index (χ0) is 12.8. The highest BCUT2D eigenvalue weighted by molar-refractivity contribution is 7.80. The van der Waals surface area contributed by atoms with Gasteiger partial charge in [-0.15, -0.1) is 0 Å². The molecule has 3 N–H and O–H groups in total. The first-order chi connectivity index (χ1) is 8.04. The van der Waals surface area contributed by atoms with Crippen molar-refractivity contribution < 1.29 is 9.90 Å². The average Bonchev–Trinajstić information content (AvgIpc) is 2.27. The summed E-state index contributed by atoms with van der Waals surface area (Å²) < 4.78 is 0. The summed E-state index contributed by atoms with van der Waals surface area (Å²) in [7, 11) is 0. The molecule has 0 radical (unpaired) electrons. The molecule has 1 aromatic carbocycles. The second-order valence-electron chi connectivity index (χ2n) is 3.74. The number of thiocarbonyl (C=S) groups is 1. The van der Waals surface area contributed by atoms with E-state index >= 15 is 0 Å². The minimum atomic E-state index is -0.171. The second kappa shape index (κ2) is 6.20. The van der Waals surface area contributed by atoms with E-state index in [-0.39, 0.29) is 23.2 Å². The molecular weight excluding hydrogens is 236 g/mol. The summed E-state index contributed by atoms with van der Waals surface area (Å²) in [5, 5.41) is 9.33. The lowest BCUT2D eigenvalue weighted by Gasteiger charge is -2.21. The summed E-state index contributed by atoms with van der Waals surface area (Å²) >= 11 is 4.82. The van der Waals surface area contributed by atoms with Gasteiger partial charge in [-0.1, -0.05) is 25.2 Å². The van der Waals surface area contributed by atoms with Gasteiger partial charge in [0.2, 0.25) is 0 Å². The Balaban J connectivity index is 2.87.